The molecule has 1 radical (unpaired) electrons. The highest BCUT2D eigenvalue weighted by molar-refractivity contribution is 4.89. The Labute approximate surface area is 70.1 Å². The largest absolute Gasteiger partial charge is 0.392 e. The van der Waals surface area contributed by atoms with Crippen molar-refractivity contribution in [3.63, 3.8) is 0 Å². The second kappa shape index (κ2) is 7.80. The van der Waals surface area contributed by atoms with Crippen molar-refractivity contribution in [3.8, 4) is 0 Å². The van der Waals surface area contributed by atoms with Crippen molar-refractivity contribution in [1.29, 1.82) is 0 Å². The molecule has 0 aliphatic rings. The van der Waals surface area contributed by atoms with E-state index in [9.17, 15) is 0 Å². The van der Waals surface area contributed by atoms with Crippen molar-refractivity contribution in [2.24, 2.45) is 5.92 Å². The van der Waals surface area contributed by atoms with Gasteiger partial charge in [-0.15, -0.1) is 0 Å². The van der Waals surface area contributed by atoms with Crippen LogP contribution in [0.2, 0.25) is 0 Å². The first-order chi connectivity index (χ1) is 5.31. The van der Waals surface area contributed by atoms with E-state index in [0.29, 0.717) is 5.92 Å². The fourth-order valence-corrected chi connectivity index (χ4v) is 1.01. The highest BCUT2D eigenvalue weighted by Crippen LogP contribution is 2.09. The lowest BCUT2D eigenvalue weighted by molar-refractivity contribution is 0.342. The fraction of sp³-hybridized carbons (Fsp3) is 0.700. The van der Waals surface area contributed by atoms with Crippen molar-refractivity contribution in [2.45, 2.75) is 32.6 Å². The number of aliphatic hydroxyl groups excluding tert-OH is 1. The van der Waals surface area contributed by atoms with E-state index in [1.807, 2.05) is 6.08 Å². The van der Waals surface area contributed by atoms with E-state index in [2.05, 4.69) is 13.8 Å². The summed E-state index contributed by atoms with van der Waals surface area (Å²) in [5.74, 6) is 0.383. The lowest BCUT2D eigenvalue weighted by Gasteiger charge is -2.03. The van der Waals surface area contributed by atoms with Gasteiger partial charge >= 0.3 is 0 Å². The van der Waals surface area contributed by atoms with Gasteiger partial charge in [0, 0.05) is 0 Å². The standard InChI is InChI=1S/C10H19O/c1-3-4-5-7-10(2)8-6-9-11/h6,8,10-11H,2-5,7,9H2,1H3/b8-6+. The number of hydrogen-bond acceptors (Lipinski definition) is 1. The Bertz CT molecular complexity index is 97.0. The topological polar surface area (TPSA) is 20.2 Å². The highest BCUT2D eigenvalue weighted by atomic mass is 16.2. The van der Waals surface area contributed by atoms with E-state index < -0.39 is 0 Å². The molecule has 1 heteroatoms. The van der Waals surface area contributed by atoms with Crippen LogP contribution in [0, 0.1) is 12.8 Å². The molecular weight excluding hydrogens is 136 g/mol. The van der Waals surface area contributed by atoms with Crippen LogP contribution in [-0.2, 0) is 0 Å². The Morgan fingerprint density at radius 1 is 1.45 bits per heavy atom. The molecule has 0 aromatic carbocycles. The summed E-state index contributed by atoms with van der Waals surface area (Å²) >= 11 is 0. The van der Waals surface area contributed by atoms with Gasteiger partial charge in [0.05, 0.1) is 6.61 Å². The number of hydrogen-bond donors (Lipinski definition) is 1. The van der Waals surface area contributed by atoms with E-state index in [0.717, 1.165) is 6.42 Å². The summed E-state index contributed by atoms with van der Waals surface area (Å²) in [5, 5.41) is 8.47. The molecule has 0 aromatic heterocycles. The van der Waals surface area contributed by atoms with Crippen molar-refractivity contribution in [2.75, 3.05) is 6.61 Å². The maximum absolute atomic E-state index is 8.47. The van der Waals surface area contributed by atoms with E-state index >= 15 is 0 Å². The van der Waals surface area contributed by atoms with Crippen LogP contribution >= 0.6 is 0 Å². The molecule has 1 atom stereocenters. The molecule has 11 heavy (non-hydrogen) atoms. The van der Waals surface area contributed by atoms with Gasteiger partial charge in [0.1, 0.15) is 0 Å². The van der Waals surface area contributed by atoms with Crippen LogP contribution < -0.4 is 0 Å². The average molecular weight is 155 g/mol. The quantitative estimate of drug-likeness (QED) is 0.461. The Morgan fingerprint density at radius 2 is 2.18 bits per heavy atom. The van der Waals surface area contributed by atoms with E-state index in [1.165, 1.54) is 19.3 Å². The molecule has 0 saturated carbocycles. The fourth-order valence-electron chi connectivity index (χ4n) is 1.01. The minimum Gasteiger partial charge on any atom is -0.392 e. The normalized spacial score (nSPS) is 14.1. The first-order valence-electron chi connectivity index (χ1n) is 4.41. The molecule has 0 aliphatic carbocycles. The van der Waals surface area contributed by atoms with E-state index in [4.69, 9.17) is 5.11 Å². The zero-order valence-corrected chi connectivity index (χ0v) is 7.42. The predicted molar refractivity (Wildman–Crippen MR) is 49.2 cm³/mol. The minimum absolute atomic E-state index is 0.139. The third kappa shape index (κ3) is 7.60. The second-order valence-corrected chi connectivity index (χ2v) is 2.87. The summed E-state index contributed by atoms with van der Waals surface area (Å²) in [6.07, 6.45) is 8.69. The zero-order valence-electron chi connectivity index (χ0n) is 7.42. The average Bonchev–Trinajstić information content (AvgIpc) is 2.01. The predicted octanol–water partition coefficient (Wildman–Crippen LogP) is 2.57. The van der Waals surface area contributed by atoms with Crippen LogP contribution in [0.15, 0.2) is 12.2 Å². The Kier molecular flexibility index (Phi) is 7.59. The van der Waals surface area contributed by atoms with Gasteiger partial charge < -0.3 is 5.11 Å². The Hall–Kier alpha value is -0.300. The number of rotatable bonds is 6. The van der Waals surface area contributed by atoms with Gasteiger partial charge in [-0.2, -0.15) is 0 Å². The van der Waals surface area contributed by atoms with Gasteiger partial charge in [-0.05, 0) is 19.3 Å². The van der Waals surface area contributed by atoms with Crippen LogP contribution in [0.5, 0.6) is 0 Å². The smallest absolute Gasteiger partial charge is 0.0612 e. The van der Waals surface area contributed by atoms with Crippen LogP contribution in [0.1, 0.15) is 32.6 Å². The van der Waals surface area contributed by atoms with E-state index in [1.54, 1.807) is 6.08 Å². The summed E-state index contributed by atoms with van der Waals surface area (Å²) in [5.41, 5.74) is 0. The maximum Gasteiger partial charge on any atom is 0.0612 e. The van der Waals surface area contributed by atoms with Gasteiger partial charge in [-0.3, -0.25) is 0 Å². The zero-order chi connectivity index (χ0) is 8.53. The van der Waals surface area contributed by atoms with Crippen molar-refractivity contribution in [1.82, 2.24) is 0 Å². The lowest BCUT2D eigenvalue weighted by Crippen LogP contribution is -1.90. The molecule has 0 amide bonds. The van der Waals surface area contributed by atoms with Gasteiger partial charge in [-0.25, -0.2) is 0 Å². The van der Waals surface area contributed by atoms with Gasteiger partial charge in [-0.1, -0.05) is 38.3 Å². The Balaban J connectivity index is 3.21. The molecule has 0 fully saturated rings. The van der Waals surface area contributed by atoms with Gasteiger partial charge in [0.25, 0.3) is 0 Å². The van der Waals surface area contributed by atoms with Crippen LogP contribution in [0.4, 0.5) is 0 Å². The monoisotopic (exact) mass is 155 g/mol. The molecule has 1 nitrogen and oxygen atoms in total. The summed E-state index contributed by atoms with van der Waals surface area (Å²) in [4.78, 5) is 0. The van der Waals surface area contributed by atoms with Crippen molar-refractivity contribution < 1.29 is 5.11 Å². The molecule has 0 saturated heterocycles. The molecule has 1 N–H and O–H groups in total. The molecule has 65 valence electrons. The molecule has 0 spiro atoms. The summed E-state index contributed by atoms with van der Waals surface area (Å²) in [6.45, 7) is 6.28. The van der Waals surface area contributed by atoms with Gasteiger partial charge in [0.2, 0.25) is 0 Å². The van der Waals surface area contributed by atoms with Crippen molar-refractivity contribution in [3.05, 3.63) is 19.1 Å². The maximum atomic E-state index is 8.47. The molecule has 0 bridgehead atoms. The minimum atomic E-state index is 0.139. The van der Waals surface area contributed by atoms with Crippen LogP contribution in [0.3, 0.4) is 0 Å². The molecule has 1 unspecified atom stereocenters. The van der Waals surface area contributed by atoms with Crippen molar-refractivity contribution >= 4 is 0 Å². The molecular formula is C10H19O. The summed E-state index contributed by atoms with van der Waals surface area (Å²) in [7, 11) is 0. The Morgan fingerprint density at radius 3 is 2.73 bits per heavy atom. The summed E-state index contributed by atoms with van der Waals surface area (Å²) < 4.78 is 0. The third-order valence-electron chi connectivity index (χ3n) is 1.69. The first-order valence-corrected chi connectivity index (χ1v) is 4.41. The number of aliphatic hydroxyl groups is 1. The van der Waals surface area contributed by atoms with E-state index in [-0.39, 0.29) is 6.61 Å². The third-order valence-corrected chi connectivity index (χ3v) is 1.69. The molecule has 0 heterocycles. The second-order valence-electron chi connectivity index (χ2n) is 2.87. The van der Waals surface area contributed by atoms with Gasteiger partial charge in [0.15, 0.2) is 0 Å². The molecule has 0 rings (SSSR count). The number of allylic oxidation sites excluding steroid dienone is 1. The molecule has 0 aliphatic heterocycles. The SMILES string of the molecule is [CH2]C(/C=C/CO)CCCCC. The highest BCUT2D eigenvalue weighted by Gasteiger charge is 1.94. The summed E-state index contributed by atoms with van der Waals surface area (Å²) in [6, 6.07) is 0. The lowest BCUT2D eigenvalue weighted by atomic mass is 10.0. The first kappa shape index (κ1) is 10.7. The molecule has 0 aromatic rings. The van der Waals surface area contributed by atoms with Crippen LogP contribution in [-0.4, -0.2) is 11.7 Å². The number of unbranched alkanes of at least 4 members (excludes halogenated alkanes) is 2. The van der Waals surface area contributed by atoms with Crippen LogP contribution in [0.25, 0.3) is 0 Å².